The Kier molecular flexibility index (Phi) is 6.85. The maximum atomic E-state index is 12.1. The van der Waals surface area contributed by atoms with Gasteiger partial charge in [-0.05, 0) is 38.9 Å². The minimum Gasteiger partial charge on any atom is -0.353 e. The van der Waals surface area contributed by atoms with Crippen molar-refractivity contribution in [3.63, 3.8) is 0 Å². The third-order valence-corrected chi connectivity index (χ3v) is 3.95. The van der Waals surface area contributed by atoms with Crippen LogP contribution in [-0.4, -0.2) is 42.0 Å². The molecule has 1 aromatic rings. The molecule has 0 saturated heterocycles. The van der Waals surface area contributed by atoms with Crippen molar-refractivity contribution in [3.05, 3.63) is 35.9 Å². The topological polar surface area (TPSA) is 58.4 Å². The Hall–Kier alpha value is -1.39. The van der Waals surface area contributed by atoms with Gasteiger partial charge < -0.3 is 11.1 Å². The molecule has 0 bridgehead atoms. The summed E-state index contributed by atoms with van der Waals surface area (Å²) in [7, 11) is 0. The molecule has 4 heteroatoms. The molecule has 0 radical (unpaired) electrons. The lowest BCUT2D eigenvalue weighted by Gasteiger charge is -2.37. The minimum atomic E-state index is -0.500. The standard InChI is InChI=1S/C17H29N3O/c1-5-20(6-2)17(3,4)13-19-16(21)15(18)12-14-10-8-7-9-11-14/h7-11,15H,5-6,12-13,18H2,1-4H3,(H,19,21)/t15-/m0/s1. The maximum Gasteiger partial charge on any atom is 0.237 e. The molecule has 0 spiro atoms. The lowest BCUT2D eigenvalue weighted by atomic mass is 10.0. The molecule has 0 heterocycles. The summed E-state index contributed by atoms with van der Waals surface area (Å²) in [4.78, 5) is 14.5. The van der Waals surface area contributed by atoms with E-state index >= 15 is 0 Å². The highest BCUT2D eigenvalue weighted by Gasteiger charge is 2.25. The number of benzene rings is 1. The van der Waals surface area contributed by atoms with Gasteiger partial charge in [-0.1, -0.05) is 44.2 Å². The summed E-state index contributed by atoms with van der Waals surface area (Å²) in [5, 5.41) is 2.99. The molecule has 4 nitrogen and oxygen atoms in total. The molecule has 1 rings (SSSR count). The van der Waals surface area contributed by atoms with E-state index in [2.05, 4.69) is 37.9 Å². The lowest BCUT2D eigenvalue weighted by Crippen LogP contribution is -2.54. The predicted octanol–water partition coefficient (Wildman–Crippen LogP) is 1.79. The molecular formula is C17H29N3O. The van der Waals surface area contributed by atoms with E-state index in [1.54, 1.807) is 0 Å². The Bertz CT molecular complexity index is 427. The average Bonchev–Trinajstić information content (AvgIpc) is 2.46. The van der Waals surface area contributed by atoms with Crippen molar-refractivity contribution >= 4 is 5.91 Å². The zero-order chi connectivity index (χ0) is 15.9. The number of nitrogens with zero attached hydrogens (tertiary/aromatic N) is 1. The summed E-state index contributed by atoms with van der Waals surface area (Å²) in [5.74, 6) is -0.0842. The van der Waals surface area contributed by atoms with E-state index in [0.717, 1.165) is 18.7 Å². The van der Waals surface area contributed by atoms with Gasteiger partial charge in [0.25, 0.3) is 0 Å². The van der Waals surface area contributed by atoms with Crippen molar-refractivity contribution in [2.45, 2.75) is 45.7 Å². The largest absolute Gasteiger partial charge is 0.353 e. The number of carbonyl (C=O) groups excluding carboxylic acids is 1. The van der Waals surface area contributed by atoms with E-state index in [1.807, 2.05) is 30.3 Å². The molecular weight excluding hydrogens is 262 g/mol. The van der Waals surface area contributed by atoms with Crippen molar-refractivity contribution in [2.24, 2.45) is 5.73 Å². The van der Waals surface area contributed by atoms with Crippen molar-refractivity contribution in [1.82, 2.24) is 10.2 Å². The van der Waals surface area contributed by atoms with Crippen LogP contribution in [0.1, 0.15) is 33.3 Å². The predicted molar refractivity (Wildman–Crippen MR) is 88.1 cm³/mol. The lowest BCUT2D eigenvalue weighted by molar-refractivity contribution is -0.122. The van der Waals surface area contributed by atoms with Crippen molar-refractivity contribution in [3.8, 4) is 0 Å². The zero-order valence-corrected chi connectivity index (χ0v) is 13.7. The molecule has 0 saturated carbocycles. The molecule has 1 atom stereocenters. The minimum absolute atomic E-state index is 0.0639. The molecule has 0 aromatic heterocycles. The molecule has 0 aliphatic rings. The maximum absolute atomic E-state index is 12.1. The quantitative estimate of drug-likeness (QED) is 0.768. The highest BCUT2D eigenvalue weighted by molar-refractivity contribution is 5.81. The number of hydrogen-bond donors (Lipinski definition) is 2. The number of rotatable bonds is 8. The van der Waals surface area contributed by atoms with Crippen LogP contribution >= 0.6 is 0 Å². The van der Waals surface area contributed by atoms with Crippen LogP contribution in [0.5, 0.6) is 0 Å². The Morgan fingerprint density at radius 2 is 1.81 bits per heavy atom. The van der Waals surface area contributed by atoms with Gasteiger partial charge in [0.1, 0.15) is 0 Å². The van der Waals surface area contributed by atoms with E-state index < -0.39 is 6.04 Å². The highest BCUT2D eigenvalue weighted by atomic mass is 16.2. The van der Waals surface area contributed by atoms with Gasteiger partial charge in [-0.3, -0.25) is 9.69 Å². The van der Waals surface area contributed by atoms with Crippen LogP contribution in [0.3, 0.4) is 0 Å². The number of amides is 1. The Balaban J connectivity index is 2.49. The van der Waals surface area contributed by atoms with Gasteiger partial charge in [0.15, 0.2) is 0 Å². The molecule has 0 aliphatic heterocycles. The molecule has 0 aliphatic carbocycles. The first-order valence-corrected chi connectivity index (χ1v) is 7.73. The fourth-order valence-corrected chi connectivity index (χ4v) is 2.59. The number of carbonyl (C=O) groups is 1. The first kappa shape index (κ1) is 17.7. The van der Waals surface area contributed by atoms with Crippen molar-refractivity contribution < 1.29 is 4.79 Å². The molecule has 1 amide bonds. The molecule has 118 valence electrons. The summed E-state index contributed by atoms with van der Waals surface area (Å²) in [6.45, 7) is 11.1. The van der Waals surface area contributed by atoms with Crippen LogP contribution in [0, 0.1) is 0 Å². The van der Waals surface area contributed by atoms with E-state index in [1.165, 1.54) is 0 Å². The molecule has 3 N–H and O–H groups in total. The van der Waals surface area contributed by atoms with Gasteiger partial charge in [-0.25, -0.2) is 0 Å². The number of nitrogens with two attached hydrogens (primary N) is 1. The Morgan fingerprint density at radius 3 is 2.33 bits per heavy atom. The average molecular weight is 291 g/mol. The highest BCUT2D eigenvalue weighted by Crippen LogP contribution is 2.12. The summed E-state index contributed by atoms with van der Waals surface area (Å²) in [6, 6.07) is 9.37. The SMILES string of the molecule is CCN(CC)C(C)(C)CNC(=O)[C@@H](N)Cc1ccccc1. The number of nitrogens with one attached hydrogen (secondary N) is 1. The van der Waals surface area contributed by atoms with Crippen molar-refractivity contribution in [2.75, 3.05) is 19.6 Å². The smallest absolute Gasteiger partial charge is 0.237 e. The van der Waals surface area contributed by atoms with Crippen LogP contribution in [0.25, 0.3) is 0 Å². The fraction of sp³-hybridized carbons (Fsp3) is 0.588. The van der Waals surface area contributed by atoms with E-state index in [9.17, 15) is 4.79 Å². The van der Waals surface area contributed by atoms with Crippen LogP contribution in [0.4, 0.5) is 0 Å². The first-order valence-electron chi connectivity index (χ1n) is 7.73. The summed E-state index contributed by atoms with van der Waals surface area (Å²) < 4.78 is 0. The van der Waals surface area contributed by atoms with Gasteiger partial charge in [-0.2, -0.15) is 0 Å². The third kappa shape index (κ3) is 5.48. The second kappa shape index (κ2) is 8.15. The Labute approximate surface area is 128 Å². The van der Waals surface area contributed by atoms with Gasteiger partial charge in [0, 0.05) is 12.1 Å². The fourth-order valence-electron chi connectivity index (χ4n) is 2.59. The second-order valence-electron chi connectivity index (χ2n) is 6.00. The van der Waals surface area contributed by atoms with E-state index in [0.29, 0.717) is 13.0 Å². The van der Waals surface area contributed by atoms with Gasteiger partial charge in [-0.15, -0.1) is 0 Å². The third-order valence-electron chi connectivity index (χ3n) is 3.95. The first-order chi connectivity index (χ1) is 9.90. The van der Waals surface area contributed by atoms with E-state index in [-0.39, 0.29) is 11.4 Å². The van der Waals surface area contributed by atoms with Crippen molar-refractivity contribution in [1.29, 1.82) is 0 Å². The van der Waals surface area contributed by atoms with Gasteiger partial charge in [0.2, 0.25) is 5.91 Å². The van der Waals surface area contributed by atoms with E-state index in [4.69, 9.17) is 5.73 Å². The summed E-state index contributed by atoms with van der Waals surface area (Å²) in [6.07, 6.45) is 0.568. The Morgan fingerprint density at radius 1 is 1.24 bits per heavy atom. The van der Waals surface area contributed by atoms with Crippen LogP contribution in [0.15, 0.2) is 30.3 Å². The van der Waals surface area contributed by atoms with Gasteiger partial charge >= 0.3 is 0 Å². The van der Waals surface area contributed by atoms with Crippen LogP contribution < -0.4 is 11.1 Å². The normalized spacial score (nSPS) is 13.2. The number of likely N-dealkylation sites (N-methyl/N-ethyl adjacent to an activating group) is 1. The van der Waals surface area contributed by atoms with Crippen LogP contribution in [0.2, 0.25) is 0 Å². The molecule has 0 unspecified atom stereocenters. The zero-order valence-electron chi connectivity index (χ0n) is 13.7. The number of hydrogen-bond acceptors (Lipinski definition) is 3. The molecule has 21 heavy (non-hydrogen) atoms. The molecule has 1 aromatic carbocycles. The molecule has 0 fully saturated rings. The monoisotopic (exact) mass is 291 g/mol. The summed E-state index contributed by atoms with van der Waals surface area (Å²) >= 11 is 0. The van der Waals surface area contributed by atoms with Gasteiger partial charge in [0.05, 0.1) is 6.04 Å². The summed E-state index contributed by atoms with van der Waals surface area (Å²) in [5.41, 5.74) is 7.02. The van der Waals surface area contributed by atoms with Crippen LogP contribution in [-0.2, 0) is 11.2 Å². The second-order valence-corrected chi connectivity index (χ2v) is 6.00.